The van der Waals surface area contributed by atoms with Crippen molar-refractivity contribution in [2.75, 3.05) is 0 Å². The minimum absolute atomic E-state index is 0.0210. The maximum absolute atomic E-state index is 11.1. The van der Waals surface area contributed by atoms with Crippen molar-refractivity contribution in [2.45, 2.75) is 18.3 Å². The van der Waals surface area contributed by atoms with E-state index in [1.54, 1.807) is 0 Å². The van der Waals surface area contributed by atoms with E-state index in [1.165, 1.54) is 11.3 Å². The molecule has 0 radical (unpaired) electrons. The number of carboxylic acids is 1. The molecule has 1 heterocycles. The summed E-state index contributed by atoms with van der Waals surface area (Å²) < 4.78 is 0.789. The Morgan fingerprint density at radius 2 is 2.21 bits per heavy atom. The van der Waals surface area contributed by atoms with Gasteiger partial charge in [0.05, 0.1) is 0 Å². The van der Waals surface area contributed by atoms with Crippen LogP contribution in [0.1, 0.15) is 17.7 Å². The first-order valence-electron chi connectivity index (χ1n) is 4.05. The minimum atomic E-state index is -0.954. The van der Waals surface area contributed by atoms with Crippen LogP contribution in [0.5, 0.6) is 0 Å². The van der Waals surface area contributed by atoms with Gasteiger partial charge in [0.1, 0.15) is 11.2 Å². The van der Waals surface area contributed by atoms with Gasteiger partial charge in [-0.1, -0.05) is 0 Å². The molecule has 1 saturated carbocycles. The number of thiophene rings is 1. The average molecular weight is 275 g/mol. The van der Waals surface area contributed by atoms with Gasteiger partial charge in [-0.3, -0.25) is 9.59 Å². The fraction of sp³-hybridized carbons (Fsp3) is 0.333. The van der Waals surface area contributed by atoms with Gasteiger partial charge < -0.3 is 5.11 Å². The number of halogens is 1. The molecule has 1 aliphatic carbocycles. The Morgan fingerprint density at radius 1 is 1.57 bits per heavy atom. The van der Waals surface area contributed by atoms with E-state index in [2.05, 4.69) is 15.9 Å². The summed E-state index contributed by atoms with van der Waals surface area (Å²) in [4.78, 5) is 22.8. The molecule has 1 N–H and O–H groups in total. The average Bonchev–Trinajstić information content (AvgIpc) is 2.45. The lowest BCUT2D eigenvalue weighted by molar-refractivity contribution is -0.153. The smallest absolute Gasteiger partial charge is 0.315 e. The normalized spacial score (nSPS) is 19.1. The molecule has 0 saturated heterocycles. The van der Waals surface area contributed by atoms with Crippen molar-refractivity contribution in [3.63, 3.8) is 0 Å². The molecular weight excluding hydrogens is 268 g/mol. The number of Topliss-reactive ketones (excluding diaryl/α,β-unsaturated/α-hetero) is 1. The molecular formula is C9H7BrO3S. The molecule has 14 heavy (non-hydrogen) atoms. The third kappa shape index (κ3) is 1.23. The van der Waals surface area contributed by atoms with Gasteiger partial charge in [-0.2, -0.15) is 0 Å². The van der Waals surface area contributed by atoms with E-state index in [4.69, 9.17) is 5.11 Å². The summed E-state index contributed by atoms with van der Waals surface area (Å²) >= 11 is 4.68. The van der Waals surface area contributed by atoms with Crippen LogP contribution in [0.2, 0.25) is 0 Å². The van der Waals surface area contributed by atoms with Crippen LogP contribution >= 0.6 is 27.3 Å². The number of carboxylic acid groups (broad SMARTS) is 1. The lowest BCUT2D eigenvalue weighted by Crippen LogP contribution is -2.47. The molecule has 2 rings (SSSR count). The summed E-state index contributed by atoms with van der Waals surface area (Å²) in [7, 11) is 0. The molecule has 3 nitrogen and oxygen atoms in total. The molecule has 1 aliphatic rings. The Hall–Kier alpha value is -0.680. The fourth-order valence-electron chi connectivity index (χ4n) is 1.67. The Labute approximate surface area is 92.9 Å². The second kappa shape index (κ2) is 3.17. The van der Waals surface area contributed by atoms with E-state index in [1.807, 2.05) is 11.4 Å². The number of ketones is 1. The second-order valence-electron chi connectivity index (χ2n) is 3.38. The molecule has 0 amide bonds. The van der Waals surface area contributed by atoms with Gasteiger partial charge in [-0.25, -0.2) is 0 Å². The van der Waals surface area contributed by atoms with Crippen LogP contribution in [0.15, 0.2) is 15.9 Å². The van der Waals surface area contributed by atoms with Gasteiger partial charge in [0, 0.05) is 22.2 Å². The van der Waals surface area contributed by atoms with Gasteiger partial charge in [0.15, 0.2) is 0 Å². The highest BCUT2D eigenvalue weighted by atomic mass is 79.9. The Kier molecular flexibility index (Phi) is 2.23. The number of hydrogen-bond donors (Lipinski definition) is 1. The van der Waals surface area contributed by atoms with Crippen LogP contribution in [-0.2, 0) is 15.0 Å². The van der Waals surface area contributed by atoms with Crippen molar-refractivity contribution in [1.82, 2.24) is 0 Å². The molecule has 0 atom stereocenters. The molecule has 74 valence electrons. The van der Waals surface area contributed by atoms with Crippen molar-refractivity contribution in [3.8, 4) is 0 Å². The third-order valence-electron chi connectivity index (χ3n) is 2.46. The summed E-state index contributed by atoms with van der Waals surface area (Å²) in [6, 6.07) is 1.81. The molecule has 0 spiro atoms. The summed E-state index contributed by atoms with van der Waals surface area (Å²) in [6.07, 6.45) is 0.253. The maximum Gasteiger partial charge on any atom is 0.315 e. The van der Waals surface area contributed by atoms with Crippen LogP contribution in [0.4, 0.5) is 0 Å². The summed E-state index contributed by atoms with van der Waals surface area (Å²) in [5, 5.41) is 11.0. The van der Waals surface area contributed by atoms with Crippen molar-refractivity contribution >= 4 is 39.0 Å². The van der Waals surface area contributed by atoms with Crippen LogP contribution in [0, 0.1) is 0 Å². The first kappa shape index (κ1) is 9.86. The zero-order chi connectivity index (χ0) is 10.3. The SMILES string of the molecule is O=C1CC(C(=O)O)(c2sccc2Br)C1. The highest BCUT2D eigenvalue weighted by Gasteiger charge is 2.53. The molecule has 0 unspecified atom stereocenters. The zero-order valence-corrected chi connectivity index (χ0v) is 9.52. The van der Waals surface area contributed by atoms with Gasteiger partial charge in [0.25, 0.3) is 0 Å². The molecule has 0 aromatic carbocycles. The van der Waals surface area contributed by atoms with Crippen molar-refractivity contribution in [2.24, 2.45) is 0 Å². The summed E-state index contributed by atoms with van der Waals surface area (Å²) in [5.74, 6) is -0.882. The largest absolute Gasteiger partial charge is 0.481 e. The van der Waals surface area contributed by atoms with E-state index in [0.717, 1.165) is 9.35 Å². The molecule has 0 aliphatic heterocycles. The van der Waals surface area contributed by atoms with E-state index in [-0.39, 0.29) is 18.6 Å². The van der Waals surface area contributed by atoms with E-state index < -0.39 is 11.4 Å². The van der Waals surface area contributed by atoms with Crippen LogP contribution in [0.25, 0.3) is 0 Å². The van der Waals surface area contributed by atoms with E-state index in [0.29, 0.717) is 0 Å². The predicted molar refractivity (Wildman–Crippen MR) is 55.6 cm³/mol. The maximum atomic E-state index is 11.1. The number of hydrogen-bond acceptors (Lipinski definition) is 3. The quantitative estimate of drug-likeness (QED) is 0.900. The van der Waals surface area contributed by atoms with Crippen molar-refractivity contribution < 1.29 is 14.7 Å². The highest BCUT2D eigenvalue weighted by molar-refractivity contribution is 9.10. The monoisotopic (exact) mass is 274 g/mol. The number of aliphatic carboxylic acids is 1. The zero-order valence-electron chi connectivity index (χ0n) is 7.12. The molecule has 5 heteroatoms. The Bertz CT molecular complexity index is 402. The lowest BCUT2D eigenvalue weighted by atomic mass is 9.67. The van der Waals surface area contributed by atoms with Gasteiger partial charge in [-0.05, 0) is 27.4 Å². The number of carbonyl (C=O) groups excluding carboxylic acids is 1. The van der Waals surface area contributed by atoms with Crippen molar-refractivity contribution in [1.29, 1.82) is 0 Å². The number of carbonyl (C=O) groups is 2. The van der Waals surface area contributed by atoms with Gasteiger partial charge >= 0.3 is 5.97 Å². The van der Waals surface area contributed by atoms with Gasteiger partial charge in [0.2, 0.25) is 0 Å². The van der Waals surface area contributed by atoms with E-state index >= 15 is 0 Å². The topological polar surface area (TPSA) is 54.4 Å². The minimum Gasteiger partial charge on any atom is -0.481 e. The highest BCUT2D eigenvalue weighted by Crippen LogP contribution is 2.46. The molecule has 1 aromatic heterocycles. The third-order valence-corrected chi connectivity index (χ3v) is 4.50. The summed E-state index contributed by atoms with van der Waals surface area (Å²) in [6.45, 7) is 0. The van der Waals surface area contributed by atoms with Gasteiger partial charge in [-0.15, -0.1) is 11.3 Å². The first-order valence-corrected chi connectivity index (χ1v) is 5.72. The molecule has 1 fully saturated rings. The summed E-state index contributed by atoms with van der Waals surface area (Å²) in [5.41, 5.74) is -0.954. The van der Waals surface area contributed by atoms with Crippen molar-refractivity contribution in [3.05, 3.63) is 20.8 Å². The lowest BCUT2D eigenvalue weighted by Gasteiger charge is -2.35. The predicted octanol–water partition coefficient (Wildman–Crippen LogP) is 2.20. The standard InChI is InChI=1S/C9H7BrO3S/c10-6-1-2-14-7(6)9(8(12)13)3-5(11)4-9/h1-2H,3-4H2,(H,12,13). The van der Waals surface area contributed by atoms with E-state index in [9.17, 15) is 9.59 Å². The second-order valence-corrected chi connectivity index (χ2v) is 5.15. The molecule has 0 bridgehead atoms. The Morgan fingerprint density at radius 3 is 2.57 bits per heavy atom. The molecule has 1 aromatic rings. The van der Waals surface area contributed by atoms with Crippen LogP contribution < -0.4 is 0 Å². The van der Waals surface area contributed by atoms with Crippen LogP contribution in [0.3, 0.4) is 0 Å². The fourth-order valence-corrected chi connectivity index (χ4v) is 3.61. The number of rotatable bonds is 2. The first-order chi connectivity index (χ1) is 6.56. The van der Waals surface area contributed by atoms with Crippen LogP contribution in [-0.4, -0.2) is 16.9 Å². The Balaban J connectivity index is 2.44.